The van der Waals surface area contributed by atoms with Crippen LogP contribution in [0.1, 0.15) is 16.1 Å². The van der Waals surface area contributed by atoms with Crippen LogP contribution in [0.5, 0.6) is 0 Å². The number of aryl methyl sites for hydroxylation is 2. The van der Waals surface area contributed by atoms with E-state index in [2.05, 4.69) is 10.4 Å². The lowest BCUT2D eigenvalue weighted by Gasteiger charge is -2.13. The molecule has 0 aliphatic carbocycles. The molecule has 0 saturated carbocycles. The van der Waals surface area contributed by atoms with Gasteiger partial charge in [0.25, 0.3) is 5.91 Å². The van der Waals surface area contributed by atoms with Crippen molar-refractivity contribution in [3.05, 3.63) is 35.7 Å². The van der Waals surface area contributed by atoms with Crippen LogP contribution >= 0.6 is 0 Å². The molecular formula is C14H19N5O. The van der Waals surface area contributed by atoms with Gasteiger partial charge in [-0.15, -0.1) is 0 Å². The Morgan fingerprint density at radius 2 is 2.05 bits per heavy atom. The van der Waals surface area contributed by atoms with Gasteiger partial charge < -0.3 is 16.0 Å². The Kier molecular flexibility index (Phi) is 3.65. The van der Waals surface area contributed by atoms with Gasteiger partial charge in [0.05, 0.1) is 22.8 Å². The Hall–Kier alpha value is -2.50. The highest BCUT2D eigenvalue weighted by Crippen LogP contribution is 2.25. The highest BCUT2D eigenvalue weighted by Gasteiger charge is 2.11. The second-order valence-electron chi connectivity index (χ2n) is 4.93. The molecule has 0 saturated heterocycles. The van der Waals surface area contributed by atoms with Crippen LogP contribution in [0.3, 0.4) is 0 Å². The summed E-state index contributed by atoms with van der Waals surface area (Å²) in [5.41, 5.74) is 9.65. The molecule has 2 aromatic rings. The van der Waals surface area contributed by atoms with Crippen molar-refractivity contribution in [2.75, 3.05) is 25.1 Å². The van der Waals surface area contributed by atoms with Gasteiger partial charge in [-0.25, -0.2) is 0 Å². The quantitative estimate of drug-likeness (QED) is 0.835. The van der Waals surface area contributed by atoms with Gasteiger partial charge in [-0.3, -0.25) is 9.48 Å². The van der Waals surface area contributed by atoms with E-state index in [4.69, 9.17) is 5.73 Å². The molecule has 0 fully saturated rings. The number of aromatic nitrogens is 2. The van der Waals surface area contributed by atoms with Gasteiger partial charge in [-0.2, -0.15) is 5.10 Å². The summed E-state index contributed by atoms with van der Waals surface area (Å²) >= 11 is 0. The fourth-order valence-electron chi connectivity index (χ4n) is 1.94. The summed E-state index contributed by atoms with van der Waals surface area (Å²) < 4.78 is 1.73. The first-order chi connectivity index (χ1) is 9.38. The lowest BCUT2D eigenvalue weighted by molar-refractivity contribution is 0.0827. The van der Waals surface area contributed by atoms with Crippen LogP contribution in [0.2, 0.25) is 0 Å². The number of anilines is 3. The van der Waals surface area contributed by atoms with E-state index < -0.39 is 0 Å². The van der Waals surface area contributed by atoms with Crippen LogP contribution in [-0.2, 0) is 7.05 Å². The molecule has 6 heteroatoms. The number of nitrogens with one attached hydrogen (secondary N) is 1. The Labute approximate surface area is 118 Å². The normalized spacial score (nSPS) is 10.4. The Balaban J connectivity index is 2.26. The standard InChI is InChI=1S/C14H19N5O/c1-9-13(8-19(4)17-9)16-12-6-5-10(7-11(12)15)14(20)18(2)3/h5-8,16H,15H2,1-4H3. The van der Waals surface area contributed by atoms with Crippen LogP contribution in [0.15, 0.2) is 24.4 Å². The maximum atomic E-state index is 11.9. The first kappa shape index (κ1) is 13.9. The number of hydrogen-bond donors (Lipinski definition) is 2. The minimum atomic E-state index is -0.0687. The van der Waals surface area contributed by atoms with Gasteiger partial charge in [0.2, 0.25) is 0 Å². The molecule has 1 heterocycles. The molecule has 0 aliphatic rings. The number of hydrogen-bond acceptors (Lipinski definition) is 4. The number of amides is 1. The van der Waals surface area contributed by atoms with Crippen molar-refractivity contribution in [3.63, 3.8) is 0 Å². The zero-order chi connectivity index (χ0) is 14.9. The summed E-state index contributed by atoms with van der Waals surface area (Å²) in [5, 5.41) is 7.48. The second kappa shape index (κ2) is 5.24. The summed E-state index contributed by atoms with van der Waals surface area (Å²) in [6.45, 7) is 1.92. The number of carbonyl (C=O) groups is 1. The van der Waals surface area contributed by atoms with E-state index in [0.29, 0.717) is 11.3 Å². The number of nitrogens with two attached hydrogens (primary N) is 1. The summed E-state index contributed by atoms with van der Waals surface area (Å²) in [7, 11) is 5.29. The summed E-state index contributed by atoms with van der Waals surface area (Å²) in [6, 6.07) is 5.24. The molecule has 6 nitrogen and oxygen atoms in total. The molecule has 1 amide bonds. The van der Waals surface area contributed by atoms with Crippen molar-refractivity contribution < 1.29 is 4.79 Å². The van der Waals surface area contributed by atoms with Gasteiger partial charge in [-0.05, 0) is 25.1 Å². The minimum Gasteiger partial charge on any atom is -0.397 e. The molecule has 0 atom stereocenters. The van der Waals surface area contributed by atoms with Crippen molar-refractivity contribution in [1.82, 2.24) is 14.7 Å². The van der Waals surface area contributed by atoms with Gasteiger partial charge in [-0.1, -0.05) is 0 Å². The molecule has 0 spiro atoms. The molecule has 106 valence electrons. The van der Waals surface area contributed by atoms with E-state index in [-0.39, 0.29) is 5.91 Å². The first-order valence-corrected chi connectivity index (χ1v) is 6.27. The van der Waals surface area contributed by atoms with Crippen LogP contribution in [0, 0.1) is 6.92 Å². The minimum absolute atomic E-state index is 0.0687. The predicted molar refractivity (Wildman–Crippen MR) is 80.1 cm³/mol. The molecule has 0 bridgehead atoms. The third-order valence-electron chi connectivity index (χ3n) is 2.99. The number of nitrogens with zero attached hydrogens (tertiary/aromatic N) is 3. The summed E-state index contributed by atoms with van der Waals surface area (Å²) in [6.07, 6.45) is 1.88. The number of benzene rings is 1. The van der Waals surface area contributed by atoms with E-state index in [1.54, 1.807) is 37.0 Å². The Morgan fingerprint density at radius 3 is 2.55 bits per heavy atom. The highest BCUT2D eigenvalue weighted by atomic mass is 16.2. The number of nitrogen functional groups attached to an aromatic ring is 1. The van der Waals surface area contributed by atoms with Crippen molar-refractivity contribution in [2.45, 2.75) is 6.92 Å². The van der Waals surface area contributed by atoms with Crippen LogP contribution in [-0.4, -0.2) is 34.7 Å². The zero-order valence-electron chi connectivity index (χ0n) is 12.1. The molecule has 1 aromatic carbocycles. The van der Waals surface area contributed by atoms with E-state index in [0.717, 1.165) is 17.1 Å². The van der Waals surface area contributed by atoms with Crippen LogP contribution < -0.4 is 11.1 Å². The molecule has 0 radical (unpaired) electrons. The van der Waals surface area contributed by atoms with Crippen molar-refractivity contribution in [2.24, 2.45) is 7.05 Å². The molecule has 2 rings (SSSR count). The molecular weight excluding hydrogens is 254 g/mol. The fourth-order valence-corrected chi connectivity index (χ4v) is 1.94. The maximum absolute atomic E-state index is 11.9. The highest BCUT2D eigenvalue weighted by molar-refractivity contribution is 5.96. The van der Waals surface area contributed by atoms with Crippen molar-refractivity contribution >= 4 is 23.0 Å². The van der Waals surface area contributed by atoms with Crippen LogP contribution in [0.4, 0.5) is 17.1 Å². The Morgan fingerprint density at radius 1 is 1.35 bits per heavy atom. The average Bonchev–Trinajstić information content (AvgIpc) is 2.69. The van der Waals surface area contributed by atoms with Gasteiger partial charge >= 0.3 is 0 Å². The smallest absolute Gasteiger partial charge is 0.253 e. The van der Waals surface area contributed by atoms with E-state index in [1.807, 2.05) is 20.2 Å². The summed E-state index contributed by atoms with van der Waals surface area (Å²) in [5.74, 6) is -0.0687. The molecule has 0 aliphatic heterocycles. The third kappa shape index (κ3) is 2.74. The van der Waals surface area contributed by atoms with E-state index in [1.165, 1.54) is 4.90 Å². The first-order valence-electron chi connectivity index (χ1n) is 6.27. The number of carbonyl (C=O) groups excluding carboxylic acids is 1. The molecule has 3 N–H and O–H groups in total. The topological polar surface area (TPSA) is 76.2 Å². The zero-order valence-corrected chi connectivity index (χ0v) is 12.1. The lowest BCUT2D eigenvalue weighted by atomic mass is 10.1. The van der Waals surface area contributed by atoms with E-state index >= 15 is 0 Å². The van der Waals surface area contributed by atoms with Gasteiger partial charge in [0.15, 0.2) is 0 Å². The fraction of sp³-hybridized carbons (Fsp3) is 0.286. The molecule has 0 unspecified atom stereocenters. The number of rotatable bonds is 3. The van der Waals surface area contributed by atoms with Crippen molar-refractivity contribution in [1.29, 1.82) is 0 Å². The predicted octanol–water partition coefficient (Wildman–Crippen LogP) is 1.76. The SMILES string of the molecule is Cc1nn(C)cc1Nc1ccc(C(=O)N(C)C)cc1N. The van der Waals surface area contributed by atoms with Crippen LogP contribution in [0.25, 0.3) is 0 Å². The lowest BCUT2D eigenvalue weighted by Crippen LogP contribution is -2.21. The largest absolute Gasteiger partial charge is 0.397 e. The average molecular weight is 273 g/mol. The van der Waals surface area contributed by atoms with E-state index in [9.17, 15) is 4.79 Å². The van der Waals surface area contributed by atoms with Crippen molar-refractivity contribution in [3.8, 4) is 0 Å². The van der Waals surface area contributed by atoms with Gasteiger partial charge in [0.1, 0.15) is 0 Å². The molecule has 20 heavy (non-hydrogen) atoms. The maximum Gasteiger partial charge on any atom is 0.253 e. The second-order valence-corrected chi connectivity index (χ2v) is 4.93. The Bertz CT molecular complexity index is 645. The third-order valence-corrected chi connectivity index (χ3v) is 2.99. The summed E-state index contributed by atoms with van der Waals surface area (Å²) in [4.78, 5) is 13.4. The molecule has 1 aromatic heterocycles. The van der Waals surface area contributed by atoms with Gasteiger partial charge in [0, 0.05) is 32.9 Å². The monoisotopic (exact) mass is 273 g/mol.